The molecule has 0 spiro atoms. The third-order valence-electron chi connectivity index (χ3n) is 4.93. The van der Waals surface area contributed by atoms with Crippen LogP contribution in [-0.2, 0) is 6.61 Å². The predicted molar refractivity (Wildman–Crippen MR) is 103 cm³/mol. The number of aromatic nitrogens is 1. The summed E-state index contributed by atoms with van der Waals surface area (Å²) in [6.07, 6.45) is 2.49. The van der Waals surface area contributed by atoms with E-state index in [0.29, 0.717) is 12.5 Å². The molecule has 1 saturated heterocycles. The summed E-state index contributed by atoms with van der Waals surface area (Å²) in [7, 11) is 0. The van der Waals surface area contributed by atoms with E-state index in [0.717, 1.165) is 41.1 Å². The number of rotatable bonds is 4. The van der Waals surface area contributed by atoms with Gasteiger partial charge >= 0.3 is 0 Å². The van der Waals surface area contributed by atoms with Crippen LogP contribution in [0.25, 0.3) is 10.9 Å². The van der Waals surface area contributed by atoms with Crippen molar-refractivity contribution < 1.29 is 9.13 Å². The fourth-order valence-electron chi connectivity index (χ4n) is 3.59. The molecule has 0 amide bonds. The summed E-state index contributed by atoms with van der Waals surface area (Å²) in [5.41, 5.74) is 1.67. The van der Waals surface area contributed by atoms with Crippen molar-refractivity contribution in [2.45, 2.75) is 26.4 Å². The lowest BCUT2D eigenvalue weighted by Gasteiger charge is -2.32. The van der Waals surface area contributed by atoms with Crippen molar-refractivity contribution in [2.75, 3.05) is 18.0 Å². The SMILES string of the molecule is CC1CCCN(c2ccc3cccc(OCc4cccc(F)c4)c3n2)C1. The first kappa shape index (κ1) is 16.8. The highest BCUT2D eigenvalue weighted by Crippen LogP contribution is 2.29. The van der Waals surface area contributed by atoms with Gasteiger partial charge in [-0.15, -0.1) is 0 Å². The third kappa shape index (κ3) is 3.64. The molecule has 134 valence electrons. The quantitative estimate of drug-likeness (QED) is 0.647. The van der Waals surface area contributed by atoms with Gasteiger partial charge in [0.2, 0.25) is 0 Å². The zero-order valence-corrected chi connectivity index (χ0v) is 15.0. The minimum atomic E-state index is -0.247. The highest BCUT2D eigenvalue weighted by atomic mass is 19.1. The lowest BCUT2D eigenvalue weighted by atomic mass is 10.0. The van der Waals surface area contributed by atoms with Gasteiger partial charge in [-0.05, 0) is 54.7 Å². The van der Waals surface area contributed by atoms with Gasteiger partial charge in [-0.3, -0.25) is 0 Å². The van der Waals surface area contributed by atoms with E-state index in [4.69, 9.17) is 9.72 Å². The van der Waals surface area contributed by atoms with Crippen LogP contribution in [0.5, 0.6) is 5.75 Å². The maximum absolute atomic E-state index is 13.4. The van der Waals surface area contributed by atoms with Crippen LogP contribution in [0.15, 0.2) is 54.6 Å². The molecule has 1 aliphatic heterocycles. The van der Waals surface area contributed by atoms with E-state index in [9.17, 15) is 4.39 Å². The van der Waals surface area contributed by atoms with E-state index in [-0.39, 0.29) is 5.82 Å². The Morgan fingerprint density at radius 3 is 2.88 bits per heavy atom. The van der Waals surface area contributed by atoms with E-state index >= 15 is 0 Å². The van der Waals surface area contributed by atoms with Crippen LogP contribution < -0.4 is 9.64 Å². The number of hydrogen-bond acceptors (Lipinski definition) is 3. The van der Waals surface area contributed by atoms with Crippen LogP contribution in [0, 0.1) is 11.7 Å². The summed E-state index contributed by atoms with van der Waals surface area (Å²) >= 11 is 0. The number of fused-ring (bicyclic) bond motifs is 1. The topological polar surface area (TPSA) is 25.4 Å². The van der Waals surface area contributed by atoms with Gasteiger partial charge < -0.3 is 9.64 Å². The fourth-order valence-corrected chi connectivity index (χ4v) is 3.59. The fraction of sp³-hybridized carbons (Fsp3) is 0.318. The molecule has 4 heteroatoms. The molecule has 2 aromatic carbocycles. The second-order valence-corrected chi connectivity index (χ2v) is 7.11. The number of anilines is 1. The Kier molecular flexibility index (Phi) is 4.74. The van der Waals surface area contributed by atoms with Gasteiger partial charge in [0, 0.05) is 18.5 Å². The summed E-state index contributed by atoms with van der Waals surface area (Å²) in [5.74, 6) is 2.19. The molecule has 0 aliphatic carbocycles. The summed E-state index contributed by atoms with van der Waals surface area (Å²) in [6.45, 7) is 4.71. The summed E-state index contributed by atoms with van der Waals surface area (Å²) in [6, 6.07) is 16.6. The Morgan fingerprint density at radius 2 is 2.04 bits per heavy atom. The molecule has 1 aromatic heterocycles. The highest BCUT2D eigenvalue weighted by molar-refractivity contribution is 5.86. The van der Waals surface area contributed by atoms with E-state index in [2.05, 4.69) is 24.0 Å². The smallest absolute Gasteiger partial charge is 0.146 e. The lowest BCUT2D eigenvalue weighted by molar-refractivity contribution is 0.308. The Bertz CT molecular complexity index is 912. The Labute approximate surface area is 153 Å². The van der Waals surface area contributed by atoms with Crippen molar-refractivity contribution in [2.24, 2.45) is 5.92 Å². The molecular formula is C22H23FN2O. The molecule has 3 aromatic rings. The van der Waals surface area contributed by atoms with Gasteiger partial charge in [-0.2, -0.15) is 0 Å². The average molecular weight is 350 g/mol. The van der Waals surface area contributed by atoms with Crippen LogP contribution in [0.4, 0.5) is 10.2 Å². The minimum Gasteiger partial charge on any atom is -0.487 e. The summed E-state index contributed by atoms with van der Waals surface area (Å²) in [4.78, 5) is 7.25. The Hall–Kier alpha value is -2.62. The first-order chi connectivity index (χ1) is 12.7. The second-order valence-electron chi connectivity index (χ2n) is 7.11. The molecule has 1 fully saturated rings. The minimum absolute atomic E-state index is 0.247. The number of ether oxygens (including phenoxy) is 1. The third-order valence-corrected chi connectivity index (χ3v) is 4.93. The van der Waals surface area contributed by atoms with E-state index in [1.54, 1.807) is 6.07 Å². The van der Waals surface area contributed by atoms with Crippen molar-refractivity contribution in [3.05, 3.63) is 66.0 Å². The number of hydrogen-bond donors (Lipinski definition) is 0. The molecule has 0 radical (unpaired) electrons. The number of pyridine rings is 1. The van der Waals surface area contributed by atoms with Crippen molar-refractivity contribution in [1.29, 1.82) is 0 Å². The standard InChI is InChI=1S/C22H23FN2O/c1-16-5-4-12-25(14-16)21-11-10-18-7-3-9-20(22(18)24-21)26-15-17-6-2-8-19(23)13-17/h2-3,6-11,13,16H,4-5,12,14-15H2,1H3. The molecule has 1 atom stereocenters. The molecular weight excluding hydrogens is 327 g/mol. The number of nitrogens with zero attached hydrogens (tertiary/aromatic N) is 2. The van der Waals surface area contributed by atoms with E-state index < -0.39 is 0 Å². The molecule has 3 nitrogen and oxygen atoms in total. The van der Waals surface area contributed by atoms with E-state index in [1.807, 2.05) is 24.3 Å². The van der Waals surface area contributed by atoms with Gasteiger partial charge in [0.25, 0.3) is 0 Å². The lowest BCUT2D eigenvalue weighted by Crippen LogP contribution is -2.34. The zero-order chi connectivity index (χ0) is 17.9. The Morgan fingerprint density at radius 1 is 1.15 bits per heavy atom. The van der Waals surface area contributed by atoms with Gasteiger partial charge in [0.15, 0.2) is 0 Å². The van der Waals surface area contributed by atoms with Gasteiger partial charge in [-0.1, -0.05) is 31.2 Å². The van der Waals surface area contributed by atoms with Crippen molar-refractivity contribution >= 4 is 16.7 Å². The first-order valence-corrected chi connectivity index (χ1v) is 9.21. The van der Waals surface area contributed by atoms with Crippen LogP contribution in [-0.4, -0.2) is 18.1 Å². The molecule has 1 unspecified atom stereocenters. The Balaban J connectivity index is 1.61. The molecule has 0 N–H and O–H groups in total. The average Bonchev–Trinajstić information content (AvgIpc) is 2.66. The van der Waals surface area contributed by atoms with Crippen LogP contribution >= 0.6 is 0 Å². The van der Waals surface area contributed by atoms with Crippen molar-refractivity contribution in [3.63, 3.8) is 0 Å². The second kappa shape index (κ2) is 7.32. The summed E-state index contributed by atoms with van der Waals surface area (Å²) in [5, 5.41) is 1.05. The zero-order valence-electron chi connectivity index (χ0n) is 15.0. The number of piperidine rings is 1. The van der Waals surface area contributed by atoms with Crippen LogP contribution in [0.2, 0.25) is 0 Å². The molecule has 2 heterocycles. The molecule has 0 saturated carbocycles. The van der Waals surface area contributed by atoms with Gasteiger partial charge in [0.1, 0.15) is 29.5 Å². The molecule has 26 heavy (non-hydrogen) atoms. The summed E-state index contributed by atoms with van der Waals surface area (Å²) < 4.78 is 19.3. The normalized spacial score (nSPS) is 17.5. The predicted octanol–water partition coefficient (Wildman–Crippen LogP) is 5.19. The number of benzene rings is 2. The maximum Gasteiger partial charge on any atom is 0.146 e. The van der Waals surface area contributed by atoms with Crippen LogP contribution in [0.3, 0.4) is 0 Å². The van der Waals surface area contributed by atoms with Crippen molar-refractivity contribution in [1.82, 2.24) is 4.98 Å². The van der Waals surface area contributed by atoms with Crippen LogP contribution in [0.1, 0.15) is 25.3 Å². The monoisotopic (exact) mass is 350 g/mol. The van der Waals surface area contributed by atoms with Gasteiger partial charge in [0.05, 0.1) is 0 Å². The first-order valence-electron chi connectivity index (χ1n) is 9.21. The highest BCUT2D eigenvalue weighted by Gasteiger charge is 2.18. The van der Waals surface area contributed by atoms with Crippen molar-refractivity contribution in [3.8, 4) is 5.75 Å². The van der Waals surface area contributed by atoms with E-state index in [1.165, 1.54) is 25.0 Å². The maximum atomic E-state index is 13.4. The number of para-hydroxylation sites is 1. The molecule has 0 bridgehead atoms. The largest absolute Gasteiger partial charge is 0.487 e. The molecule has 1 aliphatic rings. The number of halogens is 1. The van der Waals surface area contributed by atoms with Gasteiger partial charge in [-0.25, -0.2) is 9.37 Å². The molecule has 4 rings (SSSR count).